The van der Waals surface area contributed by atoms with Gasteiger partial charge in [0.25, 0.3) is 0 Å². The summed E-state index contributed by atoms with van der Waals surface area (Å²) in [7, 11) is 0. The third-order valence-corrected chi connectivity index (χ3v) is 3.04. The zero-order valence-electron chi connectivity index (χ0n) is 11.8. The molecular formula is C12H20N6O2. The van der Waals surface area contributed by atoms with Gasteiger partial charge in [-0.15, -0.1) is 0 Å². The smallest absolute Gasteiger partial charge is 0.323 e. The van der Waals surface area contributed by atoms with Gasteiger partial charge in [-0.05, 0) is 26.7 Å². The maximum absolute atomic E-state index is 12.2. The number of hydrogen-bond donors (Lipinski definition) is 2. The van der Waals surface area contributed by atoms with Crippen LogP contribution >= 0.6 is 0 Å². The van der Waals surface area contributed by atoms with Gasteiger partial charge in [0.15, 0.2) is 0 Å². The van der Waals surface area contributed by atoms with Gasteiger partial charge in [-0.25, -0.2) is 0 Å². The summed E-state index contributed by atoms with van der Waals surface area (Å²) in [5.41, 5.74) is 5.59. The van der Waals surface area contributed by atoms with E-state index in [9.17, 15) is 4.79 Å². The Hall–Kier alpha value is -2.12. The molecule has 1 saturated heterocycles. The number of nitrogen functional groups attached to an aromatic ring is 1. The zero-order chi connectivity index (χ0) is 14.5. The Morgan fingerprint density at radius 3 is 2.75 bits per heavy atom. The van der Waals surface area contributed by atoms with Crippen molar-refractivity contribution < 1.29 is 9.53 Å². The second-order valence-electron chi connectivity index (χ2n) is 4.63. The van der Waals surface area contributed by atoms with Crippen molar-refractivity contribution in [2.75, 3.05) is 30.7 Å². The summed E-state index contributed by atoms with van der Waals surface area (Å²) in [4.78, 5) is 25.9. The van der Waals surface area contributed by atoms with E-state index in [-0.39, 0.29) is 23.8 Å². The molecule has 0 spiro atoms. The summed E-state index contributed by atoms with van der Waals surface area (Å²) in [6.07, 6.45) is 2.12. The molecule has 1 aliphatic rings. The molecule has 1 amide bonds. The summed E-state index contributed by atoms with van der Waals surface area (Å²) in [5.74, 6) is 0.354. The van der Waals surface area contributed by atoms with Gasteiger partial charge in [0.1, 0.15) is 6.04 Å². The van der Waals surface area contributed by atoms with Crippen molar-refractivity contribution in [2.24, 2.45) is 0 Å². The Kier molecular flexibility index (Phi) is 4.54. The van der Waals surface area contributed by atoms with Crippen LogP contribution in [0.3, 0.4) is 0 Å². The lowest BCUT2D eigenvalue weighted by atomic mass is 10.3. The van der Waals surface area contributed by atoms with Crippen LogP contribution in [0.1, 0.15) is 26.7 Å². The number of carbonyl (C=O) groups is 1. The SMILES string of the molecule is CCOc1nc(N)nc(NC(C)C(=O)N2CCCC2)n1. The largest absolute Gasteiger partial charge is 0.464 e. The van der Waals surface area contributed by atoms with Crippen molar-refractivity contribution >= 4 is 17.8 Å². The maximum atomic E-state index is 12.2. The summed E-state index contributed by atoms with van der Waals surface area (Å²) in [6, 6.07) is -0.257. The highest BCUT2D eigenvalue weighted by Gasteiger charge is 2.23. The van der Waals surface area contributed by atoms with Crippen LogP contribution in [0.25, 0.3) is 0 Å². The van der Waals surface area contributed by atoms with Crippen molar-refractivity contribution in [2.45, 2.75) is 32.7 Å². The third kappa shape index (κ3) is 3.46. The van der Waals surface area contributed by atoms with Gasteiger partial charge >= 0.3 is 6.01 Å². The number of ether oxygens (including phenoxy) is 1. The minimum Gasteiger partial charge on any atom is -0.464 e. The highest BCUT2D eigenvalue weighted by atomic mass is 16.5. The third-order valence-electron chi connectivity index (χ3n) is 3.04. The fraction of sp³-hybridized carbons (Fsp3) is 0.667. The molecular weight excluding hydrogens is 260 g/mol. The van der Waals surface area contributed by atoms with Gasteiger partial charge in [-0.2, -0.15) is 15.0 Å². The second kappa shape index (κ2) is 6.36. The maximum Gasteiger partial charge on any atom is 0.323 e. The van der Waals surface area contributed by atoms with Crippen LogP contribution in [0.5, 0.6) is 6.01 Å². The molecule has 8 heteroatoms. The van der Waals surface area contributed by atoms with E-state index in [0.717, 1.165) is 25.9 Å². The number of hydrogen-bond acceptors (Lipinski definition) is 7. The van der Waals surface area contributed by atoms with Gasteiger partial charge in [-0.3, -0.25) is 4.79 Å². The van der Waals surface area contributed by atoms with E-state index < -0.39 is 6.04 Å². The second-order valence-corrected chi connectivity index (χ2v) is 4.63. The first-order valence-corrected chi connectivity index (χ1v) is 6.80. The number of nitrogens with zero attached hydrogens (tertiary/aromatic N) is 4. The molecule has 0 aromatic carbocycles. The van der Waals surface area contributed by atoms with Crippen LogP contribution in [-0.4, -0.2) is 51.5 Å². The van der Waals surface area contributed by atoms with E-state index in [0.29, 0.717) is 6.61 Å². The van der Waals surface area contributed by atoms with Crippen molar-refractivity contribution in [3.8, 4) is 6.01 Å². The topological polar surface area (TPSA) is 106 Å². The lowest BCUT2D eigenvalue weighted by molar-refractivity contribution is -0.130. The van der Waals surface area contributed by atoms with E-state index in [4.69, 9.17) is 10.5 Å². The number of nitrogens with one attached hydrogen (secondary N) is 1. The summed E-state index contributed by atoms with van der Waals surface area (Å²) < 4.78 is 5.19. The minimum atomic E-state index is -0.413. The molecule has 110 valence electrons. The predicted octanol–water partition coefficient (Wildman–Crippen LogP) is 0.275. The Balaban J connectivity index is 2.02. The number of rotatable bonds is 5. The minimum absolute atomic E-state index is 0.0412. The molecule has 0 radical (unpaired) electrons. The molecule has 2 rings (SSSR count). The standard InChI is InChI=1S/C12H20N6O2/c1-3-20-12-16-10(13)15-11(17-12)14-8(2)9(19)18-6-4-5-7-18/h8H,3-7H2,1-2H3,(H3,13,14,15,16,17). The molecule has 3 N–H and O–H groups in total. The highest BCUT2D eigenvalue weighted by molar-refractivity contribution is 5.84. The first-order valence-electron chi connectivity index (χ1n) is 6.80. The van der Waals surface area contributed by atoms with Crippen molar-refractivity contribution in [3.05, 3.63) is 0 Å². The Bertz CT molecular complexity index is 475. The molecule has 1 aromatic heterocycles. The Morgan fingerprint density at radius 2 is 2.10 bits per heavy atom. The summed E-state index contributed by atoms with van der Waals surface area (Å²) in [6.45, 7) is 5.67. The molecule has 0 saturated carbocycles. The number of carbonyl (C=O) groups excluding carboxylic acids is 1. The molecule has 0 aliphatic carbocycles. The molecule has 20 heavy (non-hydrogen) atoms. The number of amides is 1. The molecule has 8 nitrogen and oxygen atoms in total. The lowest BCUT2D eigenvalue weighted by Crippen LogP contribution is -2.40. The summed E-state index contributed by atoms with van der Waals surface area (Å²) >= 11 is 0. The van der Waals surface area contributed by atoms with Crippen LogP contribution in [0, 0.1) is 0 Å². The van der Waals surface area contributed by atoms with Crippen LogP contribution in [0.2, 0.25) is 0 Å². The molecule has 1 fully saturated rings. The van der Waals surface area contributed by atoms with Crippen LogP contribution < -0.4 is 15.8 Å². The van der Waals surface area contributed by atoms with Gasteiger partial charge in [0, 0.05) is 13.1 Å². The lowest BCUT2D eigenvalue weighted by Gasteiger charge is -2.21. The number of aromatic nitrogens is 3. The van der Waals surface area contributed by atoms with Crippen molar-refractivity contribution in [1.82, 2.24) is 19.9 Å². The Labute approximate surface area is 117 Å². The average molecular weight is 280 g/mol. The summed E-state index contributed by atoms with van der Waals surface area (Å²) in [5, 5.41) is 2.94. The van der Waals surface area contributed by atoms with Crippen LogP contribution in [0.15, 0.2) is 0 Å². The van der Waals surface area contributed by atoms with E-state index in [1.54, 1.807) is 6.92 Å². The first-order chi connectivity index (χ1) is 9.60. The molecule has 2 heterocycles. The normalized spacial score (nSPS) is 16.0. The van der Waals surface area contributed by atoms with E-state index in [1.165, 1.54) is 0 Å². The molecule has 1 aliphatic heterocycles. The van der Waals surface area contributed by atoms with Gasteiger partial charge in [0.05, 0.1) is 6.61 Å². The van der Waals surface area contributed by atoms with E-state index in [1.807, 2.05) is 11.8 Å². The molecule has 0 bridgehead atoms. The number of anilines is 2. The molecule has 1 unspecified atom stereocenters. The monoisotopic (exact) mass is 280 g/mol. The fourth-order valence-electron chi connectivity index (χ4n) is 2.10. The highest BCUT2D eigenvalue weighted by Crippen LogP contribution is 2.13. The van der Waals surface area contributed by atoms with E-state index in [2.05, 4.69) is 20.3 Å². The average Bonchev–Trinajstić information content (AvgIpc) is 2.91. The fourth-order valence-corrected chi connectivity index (χ4v) is 2.10. The van der Waals surface area contributed by atoms with E-state index >= 15 is 0 Å². The van der Waals surface area contributed by atoms with Crippen molar-refractivity contribution in [1.29, 1.82) is 0 Å². The quantitative estimate of drug-likeness (QED) is 0.797. The number of likely N-dealkylation sites (tertiary alicyclic amines) is 1. The first kappa shape index (κ1) is 14.3. The molecule has 1 atom stereocenters. The van der Waals surface area contributed by atoms with Gasteiger partial charge in [-0.1, -0.05) is 0 Å². The van der Waals surface area contributed by atoms with Crippen LogP contribution in [-0.2, 0) is 4.79 Å². The Morgan fingerprint density at radius 1 is 1.40 bits per heavy atom. The van der Waals surface area contributed by atoms with Gasteiger partial charge < -0.3 is 20.7 Å². The number of nitrogens with two attached hydrogens (primary N) is 1. The van der Waals surface area contributed by atoms with Crippen molar-refractivity contribution in [3.63, 3.8) is 0 Å². The van der Waals surface area contributed by atoms with Gasteiger partial charge in [0.2, 0.25) is 17.8 Å². The van der Waals surface area contributed by atoms with Crippen LogP contribution in [0.4, 0.5) is 11.9 Å². The zero-order valence-corrected chi connectivity index (χ0v) is 11.8. The predicted molar refractivity (Wildman–Crippen MR) is 74.3 cm³/mol. The molecule has 1 aromatic rings.